The summed E-state index contributed by atoms with van der Waals surface area (Å²) in [6, 6.07) is 15.0. The monoisotopic (exact) mass is 261 g/mol. The van der Waals surface area contributed by atoms with Crippen molar-refractivity contribution in [3.63, 3.8) is 0 Å². The lowest BCUT2D eigenvalue weighted by molar-refractivity contribution is 0.620. The Morgan fingerprint density at radius 3 is 2.56 bits per heavy atom. The Bertz CT molecular complexity index is 511. The maximum Gasteiger partial charge on any atom is 0.123 e. The molecule has 1 atom stereocenters. The molecule has 0 bridgehead atoms. The summed E-state index contributed by atoms with van der Waals surface area (Å²) in [6.07, 6.45) is 0.687. The van der Waals surface area contributed by atoms with Crippen molar-refractivity contribution >= 4 is 11.8 Å². The molecule has 1 nitrogen and oxygen atoms in total. The van der Waals surface area contributed by atoms with Crippen molar-refractivity contribution in [1.29, 1.82) is 0 Å². The van der Waals surface area contributed by atoms with Gasteiger partial charge in [0.25, 0.3) is 0 Å². The normalized spacial score (nSPS) is 12.4. The molecule has 94 valence electrons. The maximum atomic E-state index is 13.3. The van der Waals surface area contributed by atoms with Gasteiger partial charge < -0.3 is 5.73 Å². The molecule has 0 aliphatic carbocycles. The molecule has 0 saturated heterocycles. The van der Waals surface area contributed by atoms with Crippen LogP contribution in [0.4, 0.5) is 4.39 Å². The molecule has 2 rings (SSSR count). The second-order valence-electron chi connectivity index (χ2n) is 4.35. The van der Waals surface area contributed by atoms with Crippen LogP contribution in [0.25, 0.3) is 0 Å². The largest absolute Gasteiger partial charge is 0.328 e. The Hall–Kier alpha value is -1.32. The minimum absolute atomic E-state index is 0.0296. The number of hydrogen-bond donors (Lipinski definition) is 1. The summed E-state index contributed by atoms with van der Waals surface area (Å²) in [4.78, 5) is 2.22. The fraction of sp³-hybridized carbons (Fsp3) is 0.200. The van der Waals surface area contributed by atoms with Gasteiger partial charge in [0.1, 0.15) is 5.82 Å². The first-order valence-corrected chi connectivity index (χ1v) is 6.73. The molecule has 2 N–H and O–H groups in total. The van der Waals surface area contributed by atoms with Crippen molar-refractivity contribution < 1.29 is 4.39 Å². The van der Waals surface area contributed by atoms with Gasteiger partial charge in [-0.05, 0) is 49.2 Å². The molecular weight excluding hydrogens is 245 g/mol. The predicted molar refractivity (Wildman–Crippen MR) is 74.3 cm³/mol. The van der Waals surface area contributed by atoms with Gasteiger partial charge in [0.15, 0.2) is 0 Å². The van der Waals surface area contributed by atoms with Crippen LogP contribution in [-0.4, -0.2) is 6.04 Å². The molecule has 3 heteroatoms. The van der Waals surface area contributed by atoms with E-state index in [0.717, 1.165) is 15.4 Å². The van der Waals surface area contributed by atoms with Gasteiger partial charge in [0.2, 0.25) is 0 Å². The van der Waals surface area contributed by atoms with Gasteiger partial charge in [0, 0.05) is 15.8 Å². The van der Waals surface area contributed by atoms with Crippen LogP contribution in [0.3, 0.4) is 0 Å². The van der Waals surface area contributed by atoms with Crippen LogP contribution in [0, 0.1) is 5.82 Å². The summed E-state index contributed by atoms with van der Waals surface area (Å²) in [7, 11) is 0. The first-order valence-electron chi connectivity index (χ1n) is 5.92. The molecule has 2 aromatic carbocycles. The highest BCUT2D eigenvalue weighted by atomic mass is 32.2. The Morgan fingerprint density at radius 1 is 1.17 bits per heavy atom. The van der Waals surface area contributed by atoms with E-state index in [1.54, 1.807) is 17.8 Å². The zero-order valence-electron chi connectivity index (χ0n) is 10.3. The number of benzene rings is 2. The van der Waals surface area contributed by atoms with Gasteiger partial charge in [0.05, 0.1) is 0 Å². The van der Waals surface area contributed by atoms with Gasteiger partial charge >= 0.3 is 0 Å². The van der Waals surface area contributed by atoms with Crippen molar-refractivity contribution in [2.24, 2.45) is 5.73 Å². The van der Waals surface area contributed by atoms with Crippen LogP contribution in [0.1, 0.15) is 12.5 Å². The zero-order valence-corrected chi connectivity index (χ0v) is 11.1. The van der Waals surface area contributed by atoms with Crippen LogP contribution < -0.4 is 5.73 Å². The highest BCUT2D eigenvalue weighted by molar-refractivity contribution is 7.99. The van der Waals surface area contributed by atoms with Crippen LogP contribution in [0.2, 0.25) is 0 Å². The highest BCUT2D eigenvalue weighted by Gasteiger charge is 2.08. The van der Waals surface area contributed by atoms with Crippen molar-refractivity contribution in [1.82, 2.24) is 0 Å². The molecule has 0 amide bonds. The number of halogens is 1. The van der Waals surface area contributed by atoms with Crippen molar-refractivity contribution in [3.8, 4) is 0 Å². The van der Waals surface area contributed by atoms with Gasteiger partial charge in [-0.25, -0.2) is 4.39 Å². The van der Waals surface area contributed by atoms with Crippen LogP contribution in [0.15, 0.2) is 58.3 Å². The van der Waals surface area contributed by atoms with Gasteiger partial charge in [-0.3, -0.25) is 0 Å². The quantitative estimate of drug-likeness (QED) is 0.904. The molecule has 0 saturated carbocycles. The summed E-state index contributed by atoms with van der Waals surface area (Å²) >= 11 is 1.64. The topological polar surface area (TPSA) is 26.0 Å². The van der Waals surface area contributed by atoms with E-state index in [-0.39, 0.29) is 11.9 Å². The molecule has 0 heterocycles. The minimum atomic E-state index is -0.205. The van der Waals surface area contributed by atoms with Crippen molar-refractivity contribution in [3.05, 3.63) is 59.9 Å². The van der Waals surface area contributed by atoms with E-state index in [1.807, 2.05) is 43.3 Å². The lowest BCUT2D eigenvalue weighted by Gasteiger charge is -2.11. The third-order valence-electron chi connectivity index (χ3n) is 2.54. The van der Waals surface area contributed by atoms with E-state index in [4.69, 9.17) is 5.73 Å². The zero-order chi connectivity index (χ0) is 13.0. The fourth-order valence-corrected chi connectivity index (χ4v) is 2.73. The van der Waals surface area contributed by atoms with E-state index >= 15 is 0 Å². The summed E-state index contributed by atoms with van der Waals surface area (Å²) in [5, 5.41) is 0. The Morgan fingerprint density at radius 2 is 1.89 bits per heavy atom. The van der Waals surface area contributed by atoms with Crippen LogP contribution >= 0.6 is 11.8 Å². The standard InChI is InChI=1S/C15H16FNS/c1-11(17)9-12-10-13(16)7-8-15(12)18-14-5-3-2-4-6-14/h2-8,10-11H,9,17H2,1H3. The Balaban J connectivity index is 2.26. The molecule has 0 fully saturated rings. The molecule has 0 aromatic heterocycles. The van der Waals surface area contributed by atoms with E-state index in [2.05, 4.69) is 0 Å². The summed E-state index contributed by atoms with van der Waals surface area (Å²) in [6.45, 7) is 1.93. The number of hydrogen-bond acceptors (Lipinski definition) is 2. The molecule has 2 aromatic rings. The average Bonchev–Trinajstić information content (AvgIpc) is 2.33. The molecule has 0 aliphatic heterocycles. The first-order chi connectivity index (χ1) is 8.65. The third kappa shape index (κ3) is 3.59. The summed E-state index contributed by atoms with van der Waals surface area (Å²) in [5.41, 5.74) is 6.78. The smallest absolute Gasteiger partial charge is 0.123 e. The first kappa shape index (κ1) is 13.1. The molecular formula is C15H16FNS. The molecule has 0 spiro atoms. The van der Waals surface area contributed by atoms with E-state index in [9.17, 15) is 4.39 Å². The molecule has 0 radical (unpaired) electrons. The minimum Gasteiger partial charge on any atom is -0.328 e. The van der Waals surface area contributed by atoms with Gasteiger partial charge in [-0.15, -0.1) is 0 Å². The van der Waals surface area contributed by atoms with Crippen molar-refractivity contribution in [2.75, 3.05) is 0 Å². The maximum absolute atomic E-state index is 13.3. The van der Waals surface area contributed by atoms with Crippen LogP contribution in [-0.2, 0) is 6.42 Å². The number of rotatable bonds is 4. The molecule has 18 heavy (non-hydrogen) atoms. The average molecular weight is 261 g/mol. The van der Waals surface area contributed by atoms with E-state index in [1.165, 1.54) is 6.07 Å². The Labute approximate surface area is 111 Å². The summed E-state index contributed by atoms with van der Waals surface area (Å²) in [5.74, 6) is -0.205. The van der Waals surface area contributed by atoms with Gasteiger partial charge in [-0.1, -0.05) is 30.0 Å². The third-order valence-corrected chi connectivity index (χ3v) is 3.66. The predicted octanol–water partition coefficient (Wildman–Crippen LogP) is 3.87. The van der Waals surface area contributed by atoms with E-state index < -0.39 is 0 Å². The second-order valence-corrected chi connectivity index (χ2v) is 5.46. The lowest BCUT2D eigenvalue weighted by atomic mass is 10.1. The van der Waals surface area contributed by atoms with Crippen molar-refractivity contribution in [2.45, 2.75) is 29.2 Å². The van der Waals surface area contributed by atoms with E-state index in [0.29, 0.717) is 6.42 Å². The number of nitrogens with two attached hydrogens (primary N) is 1. The van der Waals surface area contributed by atoms with Gasteiger partial charge in [-0.2, -0.15) is 0 Å². The molecule has 1 unspecified atom stereocenters. The summed E-state index contributed by atoms with van der Waals surface area (Å²) < 4.78 is 13.3. The fourth-order valence-electron chi connectivity index (χ4n) is 1.77. The Kier molecular flexibility index (Phi) is 4.39. The molecule has 0 aliphatic rings. The highest BCUT2D eigenvalue weighted by Crippen LogP contribution is 2.31. The SMILES string of the molecule is CC(N)Cc1cc(F)ccc1Sc1ccccc1. The van der Waals surface area contributed by atoms with Crippen LogP contribution in [0.5, 0.6) is 0 Å². The second kappa shape index (κ2) is 6.03. The lowest BCUT2D eigenvalue weighted by Crippen LogP contribution is -2.18.